The number of ketones is 1. The van der Waals surface area contributed by atoms with Gasteiger partial charge in [0.05, 0.1) is 0 Å². The summed E-state index contributed by atoms with van der Waals surface area (Å²) >= 11 is 6.00. The molecule has 0 heterocycles. The topological polar surface area (TPSA) is 26.3 Å². The minimum absolute atomic E-state index is 0.00931. The minimum Gasteiger partial charge on any atom is -0.485 e. The molecule has 0 unspecified atom stereocenters. The average molecular weight is 303 g/mol. The lowest BCUT2D eigenvalue weighted by Crippen LogP contribution is -2.14. The first-order valence-corrected chi connectivity index (χ1v) is 7.26. The van der Waals surface area contributed by atoms with E-state index in [4.69, 9.17) is 16.3 Å². The van der Waals surface area contributed by atoms with Crippen molar-refractivity contribution in [2.24, 2.45) is 0 Å². The van der Waals surface area contributed by atoms with Crippen LogP contribution in [0.1, 0.15) is 32.6 Å². The highest BCUT2D eigenvalue weighted by molar-refractivity contribution is 6.30. The zero-order chi connectivity index (χ0) is 15.6. The van der Waals surface area contributed by atoms with Crippen LogP contribution in [0.15, 0.2) is 30.3 Å². The van der Waals surface area contributed by atoms with Crippen LogP contribution in [-0.4, -0.2) is 12.4 Å². The van der Waals surface area contributed by atoms with Crippen LogP contribution in [0.4, 0.5) is 0 Å². The number of ether oxygens (including phenoxy) is 1. The number of rotatable bonds is 4. The Labute approximate surface area is 130 Å². The maximum Gasteiger partial charge on any atom is 0.200 e. The van der Waals surface area contributed by atoms with Crippen molar-refractivity contribution in [3.8, 4) is 5.75 Å². The molecule has 0 N–H and O–H groups in total. The van der Waals surface area contributed by atoms with E-state index in [0.29, 0.717) is 5.02 Å². The van der Waals surface area contributed by atoms with E-state index in [9.17, 15) is 4.79 Å². The molecule has 0 saturated heterocycles. The first-order valence-electron chi connectivity index (χ1n) is 6.88. The first-order chi connectivity index (χ1) is 9.88. The van der Waals surface area contributed by atoms with Gasteiger partial charge >= 0.3 is 0 Å². The smallest absolute Gasteiger partial charge is 0.200 e. The maximum absolute atomic E-state index is 12.3. The lowest BCUT2D eigenvalue weighted by atomic mass is 10.0. The number of Topliss-reactive ketones (excluding diaryl/α,β-unsaturated/α-hetero) is 1. The highest BCUT2D eigenvalue weighted by Crippen LogP contribution is 2.27. The molecule has 0 fully saturated rings. The Kier molecular flexibility index (Phi) is 4.69. The second-order valence-electron chi connectivity index (χ2n) is 5.40. The highest BCUT2D eigenvalue weighted by Gasteiger charge is 2.12. The third-order valence-electron chi connectivity index (χ3n) is 3.47. The van der Waals surface area contributed by atoms with E-state index in [2.05, 4.69) is 0 Å². The zero-order valence-corrected chi connectivity index (χ0v) is 13.5. The lowest BCUT2D eigenvalue weighted by molar-refractivity contribution is 0.0920. The Hall–Kier alpha value is -1.80. The summed E-state index contributed by atoms with van der Waals surface area (Å²) in [4.78, 5) is 12.3. The fourth-order valence-corrected chi connectivity index (χ4v) is 2.70. The molecule has 0 amide bonds. The molecule has 3 heteroatoms. The van der Waals surface area contributed by atoms with Gasteiger partial charge in [-0.25, -0.2) is 0 Å². The molecule has 0 atom stereocenters. The van der Waals surface area contributed by atoms with Gasteiger partial charge in [-0.2, -0.15) is 0 Å². The second kappa shape index (κ2) is 6.31. The Balaban J connectivity index is 2.17. The molecule has 2 nitrogen and oxygen atoms in total. The molecule has 0 aliphatic carbocycles. The van der Waals surface area contributed by atoms with E-state index in [1.807, 2.05) is 58.0 Å². The van der Waals surface area contributed by atoms with Gasteiger partial charge < -0.3 is 4.74 Å². The monoisotopic (exact) mass is 302 g/mol. The van der Waals surface area contributed by atoms with E-state index < -0.39 is 0 Å². The van der Waals surface area contributed by atoms with Crippen LogP contribution in [-0.2, 0) is 0 Å². The number of hydrogen-bond acceptors (Lipinski definition) is 2. The van der Waals surface area contributed by atoms with Crippen molar-refractivity contribution in [1.82, 2.24) is 0 Å². The first kappa shape index (κ1) is 15.6. The van der Waals surface area contributed by atoms with Crippen LogP contribution in [0.5, 0.6) is 5.75 Å². The predicted octanol–water partition coefficient (Wildman–Crippen LogP) is 4.84. The Morgan fingerprint density at radius 1 is 1.00 bits per heavy atom. The quantitative estimate of drug-likeness (QED) is 0.756. The molecule has 0 bridgehead atoms. The van der Waals surface area contributed by atoms with Crippen LogP contribution in [0.25, 0.3) is 0 Å². The lowest BCUT2D eigenvalue weighted by Gasteiger charge is -2.13. The van der Waals surface area contributed by atoms with Gasteiger partial charge in [0.2, 0.25) is 0 Å². The molecular weight excluding hydrogens is 284 g/mol. The maximum atomic E-state index is 12.3. The normalized spacial score (nSPS) is 10.5. The van der Waals surface area contributed by atoms with Crippen LogP contribution >= 0.6 is 11.6 Å². The van der Waals surface area contributed by atoms with E-state index in [0.717, 1.165) is 33.6 Å². The largest absolute Gasteiger partial charge is 0.485 e. The van der Waals surface area contributed by atoms with Crippen molar-refractivity contribution in [3.05, 3.63) is 63.2 Å². The molecule has 0 radical (unpaired) electrons. The number of aryl methyl sites for hydroxylation is 4. The summed E-state index contributed by atoms with van der Waals surface area (Å²) in [6, 6.07) is 9.54. The van der Waals surface area contributed by atoms with Crippen molar-refractivity contribution in [2.45, 2.75) is 27.7 Å². The number of halogens is 1. The van der Waals surface area contributed by atoms with Gasteiger partial charge in [0.1, 0.15) is 5.75 Å². The van der Waals surface area contributed by atoms with Gasteiger partial charge in [0, 0.05) is 10.6 Å². The molecule has 0 saturated carbocycles. The Morgan fingerprint density at radius 3 is 2.24 bits per heavy atom. The molecule has 0 aromatic heterocycles. The van der Waals surface area contributed by atoms with E-state index in [1.54, 1.807) is 0 Å². The average Bonchev–Trinajstić information content (AvgIpc) is 2.40. The van der Waals surface area contributed by atoms with E-state index >= 15 is 0 Å². The van der Waals surface area contributed by atoms with Crippen LogP contribution < -0.4 is 4.74 Å². The summed E-state index contributed by atoms with van der Waals surface area (Å²) in [6.07, 6.45) is 0. The summed E-state index contributed by atoms with van der Waals surface area (Å²) in [5, 5.41) is 0.679. The molecular formula is C18H19ClO2. The van der Waals surface area contributed by atoms with E-state index in [1.165, 1.54) is 0 Å². The number of benzene rings is 2. The summed E-state index contributed by atoms with van der Waals surface area (Å²) in [7, 11) is 0. The molecule has 2 aromatic carbocycles. The van der Waals surface area contributed by atoms with Crippen LogP contribution in [0.3, 0.4) is 0 Å². The Morgan fingerprint density at radius 2 is 1.62 bits per heavy atom. The fraction of sp³-hybridized carbons (Fsp3) is 0.278. The van der Waals surface area contributed by atoms with Gasteiger partial charge in [-0.05, 0) is 62.6 Å². The summed E-state index contributed by atoms with van der Waals surface area (Å²) in [5.74, 6) is 0.725. The SMILES string of the molecule is Cc1ccc(C)c(C(=O)COc2c(C)cc(Cl)cc2C)c1. The van der Waals surface area contributed by atoms with Crippen LogP contribution in [0, 0.1) is 27.7 Å². The fourth-order valence-electron chi connectivity index (χ4n) is 2.38. The zero-order valence-electron chi connectivity index (χ0n) is 12.8. The van der Waals surface area contributed by atoms with Gasteiger partial charge in [0.25, 0.3) is 0 Å². The van der Waals surface area contributed by atoms with Gasteiger partial charge in [-0.3, -0.25) is 4.79 Å². The standard InChI is InChI=1S/C18H19ClO2/c1-11-5-6-12(2)16(7-11)17(20)10-21-18-13(3)8-15(19)9-14(18)4/h5-9H,10H2,1-4H3. The molecule has 2 aromatic rings. The number of carbonyl (C=O) groups excluding carboxylic acids is 1. The van der Waals surface area contributed by atoms with Gasteiger partial charge in [-0.15, -0.1) is 0 Å². The third kappa shape index (κ3) is 3.64. The molecule has 0 aliphatic heterocycles. The van der Waals surface area contributed by atoms with Crippen molar-refractivity contribution >= 4 is 17.4 Å². The van der Waals surface area contributed by atoms with E-state index in [-0.39, 0.29) is 12.4 Å². The van der Waals surface area contributed by atoms with Gasteiger partial charge in [-0.1, -0.05) is 29.3 Å². The van der Waals surface area contributed by atoms with Crippen molar-refractivity contribution in [1.29, 1.82) is 0 Å². The molecule has 110 valence electrons. The molecule has 2 rings (SSSR count). The minimum atomic E-state index is -0.00931. The third-order valence-corrected chi connectivity index (χ3v) is 3.68. The summed E-state index contributed by atoms with van der Waals surface area (Å²) in [6.45, 7) is 7.80. The number of hydrogen-bond donors (Lipinski definition) is 0. The molecule has 0 aliphatic rings. The summed E-state index contributed by atoms with van der Waals surface area (Å²) in [5.41, 5.74) is 4.64. The van der Waals surface area contributed by atoms with Crippen molar-refractivity contribution < 1.29 is 9.53 Å². The number of carbonyl (C=O) groups is 1. The predicted molar refractivity (Wildman–Crippen MR) is 86.7 cm³/mol. The highest BCUT2D eigenvalue weighted by atomic mass is 35.5. The molecule has 21 heavy (non-hydrogen) atoms. The van der Waals surface area contributed by atoms with Gasteiger partial charge in [0.15, 0.2) is 12.4 Å². The van der Waals surface area contributed by atoms with Crippen LogP contribution in [0.2, 0.25) is 5.02 Å². The Bertz CT molecular complexity index is 667. The summed E-state index contributed by atoms with van der Waals surface area (Å²) < 4.78 is 5.73. The van der Waals surface area contributed by atoms with Crippen molar-refractivity contribution in [2.75, 3.05) is 6.61 Å². The second-order valence-corrected chi connectivity index (χ2v) is 5.84. The molecule has 0 spiro atoms. The van der Waals surface area contributed by atoms with Crippen molar-refractivity contribution in [3.63, 3.8) is 0 Å².